The summed E-state index contributed by atoms with van der Waals surface area (Å²) in [5, 5.41) is 9.71. The van der Waals surface area contributed by atoms with Gasteiger partial charge in [-0.15, -0.1) is 0 Å². The molecule has 8 nitrogen and oxygen atoms in total. The van der Waals surface area contributed by atoms with Gasteiger partial charge in [0.1, 0.15) is 11.6 Å². The van der Waals surface area contributed by atoms with Gasteiger partial charge >= 0.3 is 0 Å². The van der Waals surface area contributed by atoms with E-state index in [-0.39, 0.29) is 5.56 Å². The Morgan fingerprint density at radius 2 is 1.97 bits per heavy atom. The largest absolute Gasteiger partial charge is 0.497 e. The van der Waals surface area contributed by atoms with Crippen LogP contribution in [0.4, 0.5) is 16.0 Å². The maximum Gasteiger partial charge on any atom is 0.254 e. The number of benzene rings is 1. The summed E-state index contributed by atoms with van der Waals surface area (Å²) in [5.74, 6) is -0.146. The molecule has 0 fully saturated rings. The van der Waals surface area contributed by atoms with Gasteiger partial charge in [-0.3, -0.25) is 9.48 Å². The highest BCUT2D eigenvalue weighted by molar-refractivity contribution is 5.95. The van der Waals surface area contributed by atoms with Gasteiger partial charge in [-0.1, -0.05) is 0 Å². The lowest BCUT2D eigenvalue weighted by Gasteiger charge is -2.11. The van der Waals surface area contributed by atoms with Crippen LogP contribution in [0.5, 0.6) is 5.75 Å². The third-order valence-corrected chi connectivity index (χ3v) is 4.43. The molecule has 0 bridgehead atoms. The Morgan fingerprint density at radius 3 is 2.59 bits per heavy atom. The maximum atomic E-state index is 14.7. The van der Waals surface area contributed by atoms with E-state index < -0.39 is 11.7 Å². The predicted octanol–water partition coefficient (Wildman–Crippen LogP) is 2.73. The van der Waals surface area contributed by atoms with Gasteiger partial charge in [-0.05, 0) is 43.0 Å². The topological polar surface area (TPSA) is 94.0 Å². The van der Waals surface area contributed by atoms with E-state index in [0.29, 0.717) is 30.1 Å². The first-order chi connectivity index (χ1) is 14.0. The van der Waals surface area contributed by atoms with Crippen LogP contribution in [0.25, 0.3) is 0 Å². The SMILES string of the molecule is CCn1cc(Nc2ncc(CCc3cc(OC)cc(C(=O)NC)c3F)cn2)cn1. The molecule has 0 aliphatic rings. The van der Waals surface area contributed by atoms with Crippen LogP contribution < -0.4 is 15.4 Å². The molecule has 0 aliphatic carbocycles. The summed E-state index contributed by atoms with van der Waals surface area (Å²) in [6.45, 7) is 2.79. The van der Waals surface area contributed by atoms with Crippen molar-refractivity contribution in [2.45, 2.75) is 26.3 Å². The lowest BCUT2D eigenvalue weighted by atomic mass is 10.0. The van der Waals surface area contributed by atoms with Crippen LogP contribution in [-0.2, 0) is 19.4 Å². The molecule has 0 atom stereocenters. The Kier molecular flexibility index (Phi) is 6.38. The van der Waals surface area contributed by atoms with Gasteiger partial charge in [-0.2, -0.15) is 5.10 Å². The van der Waals surface area contributed by atoms with Crippen LogP contribution >= 0.6 is 0 Å². The van der Waals surface area contributed by atoms with Crippen molar-refractivity contribution in [3.63, 3.8) is 0 Å². The number of aromatic nitrogens is 4. The van der Waals surface area contributed by atoms with Gasteiger partial charge in [0.25, 0.3) is 5.91 Å². The zero-order valence-electron chi connectivity index (χ0n) is 16.6. The van der Waals surface area contributed by atoms with E-state index in [2.05, 4.69) is 25.7 Å². The minimum Gasteiger partial charge on any atom is -0.497 e. The first kappa shape index (κ1) is 20.2. The van der Waals surface area contributed by atoms with Crippen molar-refractivity contribution >= 4 is 17.5 Å². The zero-order chi connectivity index (χ0) is 20.8. The van der Waals surface area contributed by atoms with Crippen LogP contribution in [0.2, 0.25) is 0 Å². The molecule has 2 aromatic heterocycles. The summed E-state index contributed by atoms with van der Waals surface area (Å²) in [6.07, 6.45) is 7.86. The number of amides is 1. The Morgan fingerprint density at radius 1 is 1.21 bits per heavy atom. The Balaban J connectivity index is 1.69. The number of hydrogen-bond donors (Lipinski definition) is 2. The van der Waals surface area contributed by atoms with Crippen molar-refractivity contribution in [1.82, 2.24) is 25.1 Å². The zero-order valence-corrected chi connectivity index (χ0v) is 16.6. The average molecular weight is 398 g/mol. The first-order valence-corrected chi connectivity index (χ1v) is 9.23. The average Bonchev–Trinajstić information content (AvgIpc) is 3.21. The van der Waals surface area contributed by atoms with Crippen molar-refractivity contribution < 1.29 is 13.9 Å². The van der Waals surface area contributed by atoms with Gasteiger partial charge in [0.05, 0.1) is 24.6 Å². The predicted molar refractivity (Wildman–Crippen MR) is 107 cm³/mol. The normalized spacial score (nSPS) is 10.6. The molecule has 9 heteroatoms. The number of nitrogens with zero attached hydrogens (tertiary/aromatic N) is 4. The van der Waals surface area contributed by atoms with Crippen LogP contribution in [0.1, 0.15) is 28.4 Å². The number of carbonyl (C=O) groups excluding carboxylic acids is 1. The molecule has 1 aromatic carbocycles. The number of ether oxygens (including phenoxy) is 1. The molecule has 2 N–H and O–H groups in total. The standard InChI is InChI=1S/C20H23FN6O2/c1-4-27-12-15(11-25-27)26-20-23-9-13(10-24-20)5-6-14-7-16(29-3)8-17(18(14)21)19(28)22-2/h7-12H,4-6H2,1-3H3,(H,22,28)(H,23,24,26). The van der Waals surface area contributed by atoms with E-state index in [9.17, 15) is 9.18 Å². The summed E-state index contributed by atoms with van der Waals surface area (Å²) >= 11 is 0. The number of anilines is 2. The molecule has 0 saturated carbocycles. The summed E-state index contributed by atoms with van der Waals surface area (Å²) in [7, 11) is 2.94. The molecular formula is C20H23FN6O2. The van der Waals surface area contributed by atoms with E-state index in [1.165, 1.54) is 20.2 Å². The van der Waals surface area contributed by atoms with Gasteiger partial charge in [-0.25, -0.2) is 14.4 Å². The molecule has 29 heavy (non-hydrogen) atoms. The van der Waals surface area contributed by atoms with E-state index in [1.807, 2.05) is 13.1 Å². The molecule has 0 radical (unpaired) electrons. The molecule has 1 amide bonds. The number of aryl methyl sites for hydroxylation is 3. The van der Waals surface area contributed by atoms with Gasteiger partial charge in [0.15, 0.2) is 0 Å². The summed E-state index contributed by atoms with van der Waals surface area (Å²) in [5.41, 5.74) is 2.02. The molecular weight excluding hydrogens is 375 g/mol. The van der Waals surface area contributed by atoms with E-state index in [4.69, 9.17) is 4.74 Å². The highest BCUT2D eigenvalue weighted by Crippen LogP contribution is 2.23. The third-order valence-electron chi connectivity index (χ3n) is 4.43. The Bertz CT molecular complexity index is 987. The van der Waals surface area contributed by atoms with Crippen molar-refractivity contribution in [2.24, 2.45) is 0 Å². The van der Waals surface area contributed by atoms with Gasteiger partial charge < -0.3 is 15.4 Å². The summed E-state index contributed by atoms with van der Waals surface area (Å²) in [4.78, 5) is 20.5. The number of hydrogen-bond acceptors (Lipinski definition) is 6. The minimum atomic E-state index is -0.544. The molecule has 152 valence electrons. The molecule has 3 rings (SSSR count). The molecule has 3 aromatic rings. The maximum absolute atomic E-state index is 14.7. The van der Waals surface area contributed by atoms with Gasteiger partial charge in [0.2, 0.25) is 5.95 Å². The smallest absolute Gasteiger partial charge is 0.254 e. The van der Waals surface area contributed by atoms with Crippen molar-refractivity contribution in [3.05, 3.63) is 59.4 Å². The van der Waals surface area contributed by atoms with Crippen LogP contribution in [0.3, 0.4) is 0 Å². The van der Waals surface area contributed by atoms with Crippen LogP contribution in [0, 0.1) is 5.82 Å². The summed E-state index contributed by atoms with van der Waals surface area (Å²) in [6, 6.07) is 2.99. The fourth-order valence-electron chi connectivity index (χ4n) is 2.81. The lowest BCUT2D eigenvalue weighted by molar-refractivity contribution is 0.0958. The second-order valence-electron chi connectivity index (χ2n) is 6.35. The third kappa shape index (κ3) is 4.87. The lowest BCUT2D eigenvalue weighted by Crippen LogP contribution is -2.20. The second kappa shape index (κ2) is 9.13. The minimum absolute atomic E-state index is 0.0368. The highest BCUT2D eigenvalue weighted by Gasteiger charge is 2.16. The molecule has 0 saturated heterocycles. The van der Waals surface area contributed by atoms with Crippen molar-refractivity contribution in [3.8, 4) is 5.75 Å². The van der Waals surface area contributed by atoms with Crippen molar-refractivity contribution in [1.29, 1.82) is 0 Å². The first-order valence-electron chi connectivity index (χ1n) is 9.23. The van der Waals surface area contributed by atoms with E-state index >= 15 is 0 Å². The number of nitrogens with one attached hydrogen (secondary N) is 2. The van der Waals surface area contributed by atoms with Crippen LogP contribution in [0.15, 0.2) is 36.9 Å². The fourth-order valence-corrected chi connectivity index (χ4v) is 2.81. The molecule has 0 unspecified atom stereocenters. The molecule has 0 spiro atoms. The van der Waals surface area contributed by atoms with E-state index in [1.54, 1.807) is 29.3 Å². The highest BCUT2D eigenvalue weighted by atomic mass is 19.1. The number of rotatable bonds is 8. The molecule has 0 aliphatic heterocycles. The van der Waals surface area contributed by atoms with E-state index in [0.717, 1.165) is 17.8 Å². The quantitative estimate of drug-likeness (QED) is 0.606. The Labute approximate surface area is 168 Å². The fraction of sp³-hybridized carbons (Fsp3) is 0.300. The van der Waals surface area contributed by atoms with Crippen molar-refractivity contribution in [2.75, 3.05) is 19.5 Å². The second-order valence-corrected chi connectivity index (χ2v) is 6.35. The molecule has 2 heterocycles. The monoisotopic (exact) mass is 398 g/mol. The number of halogens is 1. The number of methoxy groups -OCH3 is 1. The Hall–Kier alpha value is -3.49. The summed E-state index contributed by atoms with van der Waals surface area (Å²) < 4.78 is 21.7. The van der Waals surface area contributed by atoms with Gasteiger partial charge in [0, 0.05) is 32.2 Å². The van der Waals surface area contributed by atoms with Crippen LogP contribution in [-0.4, -0.2) is 39.8 Å². The number of carbonyl (C=O) groups is 1.